The largest absolute Gasteiger partial charge is 0.495 e. The van der Waals surface area contributed by atoms with Gasteiger partial charge in [-0.1, -0.05) is 20.3 Å². The SMILES string of the molecule is COc1c(Br)cc2c(c1C(C)(C)CO)CCCCC2. The molecule has 0 aromatic heterocycles. The molecule has 106 valence electrons. The Hall–Kier alpha value is -0.540. The Kier molecular flexibility index (Phi) is 4.57. The van der Waals surface area contributed by atoms with Gasteiger partial charge in [-0.15, -0.1) is 0 Å². The van der Waals surface area contributed by atoms with Gasteiger partial charge in [0.2, 0.25) is 0 Å². The fourth-order valence-electron chi connectivity index (χ4n) is 3.02. The molecule has 0 atom stereocenters. The lowest BCUT2D eigenvalue weighted by molar-refractivity contribution is 0.213. The van der Waals surface area contributed by atoms with Gasteiger partial charge in [0, 0.05) is 11.0 Å². The number of aliphatic hydroxyl groups is 1. The van der Waals surface area contributed by atoms with Crippen LogP contribution < -0.4 is 4.74 Å². The van der Waals surface area contributed by atoms with E-state index in [1.807, 2.05) is 0 Å². The third kappa shape index (κ3) is 2.82. The molecule has 0 fully saturated rings. The van der Waals surface area contributed by atoms with Crippen LogP contribution in [0, 0.1) is 0 Å². The normalized spacial score (nSPS) is 15.8. The van der Waals surface area contributed by atoms with Crippen LogP contribution in [0.4, 0.5) is 0 Å². The fourth-order valence-corrected chi connectivity index (χ4v) is 3.66. The lowest BCUT2D eigenvalue weighted by atomic mass is 9.79. The highest BCUT2D eigenvalue weighted by Crippen LogP contribution is 2.43. The standard InChI is InChI=1S/C16H23BrO2/c1-16(2,10-18)14-12-8-6-4-5-7-11(12)9-13(17)15(14)19-3/h9,18H,4-8,10H2,1-3H3. The molecule has 0 saturated heterocycles. The molecular weight excluding hydrogens is 304 g/mol. The lowest BCUT2D eigenvalue weighted by Gasteiger charge is -2.29. The minimum Gasteiger partial charge on any atom is -0.495 e. The van der Waals surface area contributed by atoms with E-state index in [1.165, 1.54) is 36.0 Å². The monoisotopic (exact) mass is 326 g/mol. The first-order valence-electron chi connectivity index (χ1n) is 7.01. The van der Waals surface area contributed by atoms with E-state index in [9.17, 15) is 5.11 Å². The first-order valence-corrected chi connectivity index (χ1v) is 7.80. The molecule has 0 heterocycles. The number of fused-ring (bicyclic) bond motifs is 1. The van der Waals surface area contributed by atoms with Crippen LogP contribution in [-0.2, 0) is 18.3 Å². The Morgan fingerprint density at radius 3 is 2.58 bits per heavy atom. The number of hydrogen-bond donors (Lipinski definition) is 1. The van der Waals surface area contributed by atoms with Crippen LogP contribution >= 0.6 is 15.9 Å². The lowest BCUT2D eigenvalue weighted by Crippen LogP contribution is -2.25. The number of rotatable bonds is 3. The van der Waals surface area contributed by atoms with Crippen molar-refractivity contribution in [3.05, 3.63) is 27.2 Å². The maximum atomic E-state index is 9.76. The third-order valence-corrected chi connectivity index (χ3v) is 4.67. The molecule has 0 bridgehead atoms. The maximum Gasteiger partial charge on any atom is 0.137 e. The number of aryl methyl sites for hydroxylation is 1. The Bertz CT molecular complexity index is 466. The summed E-state index contributed by atoms with van der Waals surface area (Å²) in [6.45, 7) is 4.30. The molecule has 1 aliphatic carbocycles. The second-order valence-corrected chi connectivity index (χ2v) is 6.86. The van der Waals surface area contributed by atoms with Gasteiger partial charge in [0.25, 0.3) is 0 Å². The van der Waals surface area contributed by atoms with Crippen LogP contribution in [0.2, 0.25) is 0 Å². The predicted octanol–water partition coefficient (Wildman–Crippen LogP) is 4.00. The average molecular weight is 327 g/mol. The molecule has 1 aromatic rings. The number of ether oxygens (including phenoxy) is 1. The molecule has 19 heavy (non-hydrogen) atoms. The second kappa shape index (κ2) is 5.84. The summed E-state index contributed by atoms with van der Waals surface area (Å²) in [6.07, 6.45) is 5.99. The Labute approximate surface area is 124 Å². The maximum absolute atomic E-state index is 9.76. The van der Waals surface area contributed by atoms with E-state index in [0.29, 0.717) is 0 Å². The molecule has 0 unspecified atom stereocenters. The van der Waals surface area contributed by atoms with Gasteiger partial charge in [-0.2, -0.15) is 0 Å². The number of hydrogen-bond acceptors (Lipinski definition) is 2. The molecule has 0 radical (unpaired) electrons. The number of halogens is 1. The molecule has 0 aliphatic heterocycles. The minimum atomic E-state index is -0.274. The summed E-state index contributed by atoms with van der Waals surface area (Å²) in [5.74, 6) is 0.889. The van der Waals surface area contributed by atoms with Crippen LogP contribution in [0.15, 0.2) is 10.5 Å². The van der Waals surface area contributed by atoms with Gasteiger partial charge in [-0.05, 0) is 58.8 Å². The van der Waals surface area contributed by atoms with Gasteiger partial charge in [-0.3, -0.25) is 0 Å². The molecule has 0 amide bonds. The summed E-state index contributed by atoms with van der Waals surface area (Å²) < 4.78 is 6.62. The van der Waals surface area contributed by atoms with Crippen molar-refractivity contribution in [2.45, 2.75) is 51.4 Å². The highest BCUT2D eigenvalue weighted by molar-refractivity contribution is 9.10. The van der Waals surface area contributed by atoms with E-state index in [0.717, 1.165) is 23.1 Å². The molecule has 1 N–H and O–H groups in total. The van der Waals surface area contributed by atoms with E-state index in [4.69, 9.17) is 4.74 Å². The Balaban J connectivity index is 2.69. The van der Waals surface area contributed by atoms with Gasteiger partial charge < -0.3 is 9.84 Å². The van der Waals surface area contributed by atoms with Crippen molar-refractivity contribution in [3.8, 4) is 5.75 Å². The summed E-state index contributed by atoms with van der Waals surface area (Å²) >= 11 is 3.63. The minimum absolute atomic E-state index is 0.131. The fraction of sp³-hybridized carbons (Fsp3) is 0.625. The molecular formula is C16H23BrO2. The van der Waals surface area contributed by atoms with E-state index >= 15 is 0 Å². The highest BCUT2D eigenvalue weighted by atomic mass is 79.9. The van der Waals surface area contributed by atoms with E-state index in [-0.39, 0.29) is 12.0 Å². The van der Waals surface area contributed by atoms with Crippen molar-refractivity contribution in [1.29, 1.82) is 0 Å². The molecule has 3 heteroatoms. The summed E-state index contributed by atoms with van der Waals surface area (Å²) in [5.41, 5.74) is 3.73. The first kappa shape index (κ1) is 14.9. The topological polar surface area (TPSA) is 29.5 Å². The average Bonchev–Trinajstić information content (AvgIpc) is 2.61. The van der Waals surface area contributed by atoms with Crippen LogP contribution in [-0.4, -0.2) is 18.8 Å². The Morgan fingerprint density at radius 2 is 1.95 bits per heavy atom. The number of benzene rings is 1. The van der Waals surface area contributed by atoms with E-state index < -0.39 is 0 Å². The summed E-state index contributed by atoms with van der Waals surface area (Å²) in [4.78, 5) is 0. The van der Waals surface area contributed by atoms with Crippen molar-refractivity contribution in [2.75, 3.05) is 13.7 Å². The van der Waals surface area contributed by atoms with Gasteiger partial charge in [0.05, 0.1) is 18.2 Å². The predicted molar refractivity (Wildman–Crippen MR) is 82.1 cm³/mol. The zero-order valence-electron chi connectivity index (χ0n) is 12.1. The third-order valence-electron chi connectivity index (χ3n) is 4.08. The van der Waals surface area contributed by atoms with Gasteiger partial charge in [-0.25, -0.2) is 0 Å². The number of methoxy groups -OCH3 is 1. The van der Waals surface area contributed by atoms with Crippen molar-refractivity contribution in [1.82, 2.24) is 0 Å². The van der Waals surface area contributed by atoms with Gasteiger partial charge in [0.15, 0.2) is 0 Å². The van der Waals surface area contributed by atoms with E-state index in [2.05, 4.69) is 35.8 Å². The quantitative estimate of drug-likeness (QED) is 0.851. The van der Waals surface area contributed by atoms with Crippen molar-refractivity contribution in [3.63, 3.8) is 0 Å². The first-order chi connectivity index (χ1) is 9.01. The van der Waals surface area contributed by atoms with Gasteiger partial charge >= 0.3 is 0 Å². The van der Waals surface area contributed by atoms with Crippen LogP contribution in [0.3, 0.4) is 0 Å². The molecule has 1 aliphatic rings. The molecule has 2 nitrogen and oxygen atoms in total. The van der Waals surface area contributed by atoms with Crippen molar-refractivity contribution >= 4 is 15.9 Å². The highest BCUT2D eigenvalue weighted by Gasteiger charge is 2.30. The molecule has 0 saturated carbocycles. The van der Waals surface area contributed by atoms with Crippen molar-refractivity contribution < 1.29 is 9.84 Å². The van der Waals surface area contributed by atoms with Crippen LogP contribution in [0.1, 0.15) is 49.8 Å². The van der Waals surface area contributed by atoms with Gasteiger partial charge in [0.1, 0.15) is 5.75 Å². The summed E-state index contributed by atoms with van der Waals surface area (Å²) in [5, 5.41) is 9.76. The van der Waals surface area contributed by atoms with E-state index in [1.54, 1.807) is 7.11 Å². The smallest absolute Gasteiger partial charge is 0.137 e. The summed E-state index contributed by atoms with van der Waals surface area (Å²) in [6, 6.07) is 2.20. The zero-order valence-corrected chi connectivity index (χ0v) is 13.6. The van der Waals surface area contributed by atoms with Crippen LogP contribution in [0.25, 0.3) is 0 Å². The van der Waals surface area contributed by atoms with Crippen molar-refractivity contribution in [2.24, 2.45) is 0 Å². The van der Waals surface area contributed by atoms with Crippen LogP contribution in [0.5, 0.6) is 5.75 Å². The Morgan fingerprint density at radius 1 is 1.26 bits per heavy atom. The zero-order chi connectivity index (χ0) is 14.0. The molecule has 0 spiro atoms. The number of aliphatic hydroxyl groups excluding tert-OH is 1. The summed E-state index contributed by atoms with van der Waals surface area (Å²) in [7, 11) is 1.71. The molecule has 1 aromatic carbocycles. The molecule has 2 rings (SSSR count). The second-order valence-electron chi connectivity index (χ2n) is 6.01.